The Hall–Kier alpha value is -1.71. The molecule has 1 N–H and O–H groups in total. The van der Waals surface area contributed by atoms with Gasteiger partial charge in [0, 0.05) is 18.0 Å². The molecule has 0 aromatic carbocycles. The number of hydrogen-bond donors (Lipinski definition) is 1. The summed E-state index contributed by atoms with van der Waals surface area (Å²) in [5.74, 6) is -0.542. The lowest BCUT2D eigenvalue weighted by atomic mass is 10.3. The molecule has 1 aromatic rings. The van der Waals surface area contributed by atoms with Gasteiger partial charge in [-0.15, -0.1) is 0 Å². The second kappa shape index (κ2) is 3.61. The Morgan fingerprint density at radius 3 is 2.58 bits per heavy atom. The number of nitrogens with zero attached hydrogens (tertiary/aromatic N) is 2. The summed E-state index contributed by atoms with van der Waals surface area (Å²) < 4.78 is 0. The van der Waals surface area contributed by atoms with Gasteiger partial charge in [-0.1, -0.05) is 0 Å². The molecule has 1 aromatic heterocycles. The third-order valence-electron chi connectivity index (χ3n) is 1.27. The van der Waals surface area contributed by atoms with Crippen LogP contribution < -0.4 is 0 Å². The van der Waals surface area contributed by atoms with Crippen LogP contribution in [0.5, 0.6) is 0 Å². The first-order chi connectivity index (χ1) is 5.70. The van der Waals surface area contributed by atoms with E-state index in [1.54, 1.807) is 18.5 Å². The largest absolute Gasteiger partial charge is 0.478 e. The highest BCUT2D eigenvalue weighted by Gasteiger charge is 1.99. The van der Waals surface area contributed by atoms with Crippen molar-refractivity contribution in [2.45, 2.75) is 6.92 Å². The summed E-state index contributed by atoms with van der Waals surface area (Å²) in [5, 5.41) is 8.52. The molecule has 0 atom stereocenters. The van der Waals surface area contributed by atoms with Gasteiger partial charge in [-0.05, 0) is 19.1 Å². The van der Waals surface area contributed by atoms with Crippen molar-refractivity contribution >= 4 is 12.0 Å². The molecule has 0 bridgehead atoms. The molecule has 0 aliphatic heterocycles. The Morgan fingerprint density at radius 2 is 2.08 bits per heavy atom. The Bertz CT molecular complexity index is 306. The number of carboxylic acids is 1. The first-order valence-corrected chi connectivity index (χ1v) is 3.39. The quantitative estimate of drug-likeness (QED) is 0.661. The maximum Gasteiger partial charge on any atom is 0.331 e. The van der Waals surface area contributed by atoms with Crippen molar-refractivity contribution in [1.29, 1.82) is 0 Å². The summed E-state index contributed by atoms with van der Waals surface area (Å²) in [5.41, 5.74) is 0.223. The zero-order chi connectivity index (χ0) is 8.97. The maximum atomic E-state index is 10.4. The van der Waals surface area contributed by atoms with E-state index in [1.807, 2.05) is 0 Å². The SMILES string of the molecule is C/C(=C/c1ncccn1)C(=O)O. The van der Waals surface area contributed by atoms with Gasteiger partial charge in [0.15, 0.2) is 5.82 Å². The van der Waals surface area contributed by atoms with Crippen LogP contribution in [-0.2, 0) is 4.79 Å². The van der Waals surface area contributed by atoms with E-state index >= 15 is 0 Å². The topological polar surface area (TPSA) is 63.1 Å². The number of aromatic nitrogens is 2. The van der Waals surface area contributed by atoms with Crippen molar-refractivity contribution in [2.24, 2.45) is 0 Å². The standard InChI is InChI=1S/C8H8N2O2/c1-6(8(11)12)5-7-9-3-2-4-10-7/h2-5H,1H3,(H,11,12)/b6-5-. The van der Waals surface area contributed by atoms with Gasteiger partial charge in [-0.3, -0.25) is 0 Å². The van der Waals surface area contributed by atoms with Crippen molar-refractivity contribution in [3.8, 4) is 0 Å². The smallest absolute Gasteiger partial charge is 0.331 e. The van der Waals surface area contributed by atoms with E-state index in [-0.39, 0.29) is 5.57 Å². The van der Waals surface area contributed by atoms with Crippen molar-refractivity contribution in [2.75, 3.05) is 0 Å². The van der Waals surface area contributed by atoms with Crippen LogP contribution in [0.15, 0.2) is 24.0 Å². The third-order valence-corrected chi connectivity index (χ3v) is 1.27. The van der Waals surface area contributed by atoms with Crippen molar-refractivity contribution in [3.05, 3.63) is 29.9 Å². The van der Waals surface area contributed by atoms with E-state index in [4.69, 9.17) is 5.11 Å². The highest BCUT2D eigenvalue weighted by Crippen LogP contribution is 1.99. The number of aliphatic carboxylic acids is 1. The van der Waals surface area contributed by atoms with Gasteiger partial charge in [-0.25, -0.2) is 14.8 Å². The zero-order valence-electron chi connectivity index (χ0n) is 6.56. The van der Waals surface area contributed by atoms with E-state index in [0.717, 1.165) is 0 Å². The molecule has 62 valence electrons. The molecule has 0 aliphatic carbocycles. The average molecular weight is 164 g/mol. The van der Waals surface area contributed by atoms with Crippen LogP contribution in [-0.4, -0.2) is 21.0 Å². The molecular weight excluding hydrogens is 156 g/mol. The van der Waals surface area contributed by atoms with Gasteiger partial charge in [0.1, 0.15) is 0 Å². The van der Waals surface area contributed by atoms with Crippen molar-refractivity contribution in [1.82, 2.24) is 9.97 Å². The van der Waals surface area contributed by atoms with Crippen molar-refractivity contribution < 1.29 is 9.90 Å². The lowest BCUT2D eigenvalue weighted by Crippen LogP contribution is -1.96. The molecule has 0 saturated heterocycles. The average Bonchev–Trinajstić information content (AvgIpc) is 2.06. The summed E-state index contributed by atoms with van der Waals surface area (Å²) in [6.07, 6.45) is 4.55. The molecule has 0 fully saturated rings. The molecule has 0 aliphatic rings. The molecule has 4 nitrogen and oxygen atoms in total. The number of carboxylic acid groups (broad SMARTS) is 1. The van der Waals surface area contributed by atoms with Crippen LogP contribution in [0.1, 0.15) is 12.7 Å². The summed E-state index contributed by atoms with van der Waals surface area (Å²) in [6.45, 7) is 1.50. The van der Waals surface area contributed by atoms with Gasteiger partial charge in [0.25, 0.3) is 0 Å². The molecular formula is C8H8N2O2. The first kappa shape index (κ1) is 8.39. The second-order valence-corrected chi connectivity index (χ2v) is 2.24. The summed E-state index contributed by atoms with van der Waals surface area (Å²) >= 11 is 0. The molecule has 1 heterocycles. The van der Waals surface area contributed by atoms with Gasteiger partial charge >= 0.3 is 5.97 Å². The van der Waals surface area contributed by atoms with E-state index in [9.17, 15) is 4.79 Å². The fourth-order valence-corrected chi connectivity index (χ4v) is 0.641. The lowest BCUT2D eigenvalue weighted by Gasteiger charge is -1.92. The van der Waals surface area contributed by atoms with E-state index in [0.29, 0.717) is 5.82 Å². The second-order valence-electron chi connectivity index (χ2n) is 2.24. The Balaban J connectivity index is 2.89. The van der Waals surface area contributed by atoms with Crippen LogP contribution in [0.2, 0.25) is 0 Å². The minimum atomic E-state index is -0.956. The van der Waals surface area contributed by atoms with E-state index < -0.39 is 5.97 Å². The molecule has 0 unspecified atom stereocenters. The van der Waals surface area contributed by atoms with Gasteiger partial charge in [-0.2, -0.15) is 0 Å². The van der Waals surface area contributed by atoms with E-state index in [1.165, 1.54) is 13.0 Å². The fraction of sp³-hybridized carbons (Fsp3) is 0.125. The number of hydrogen-bond acceptors (Lipinski definition) is 3. The van der Waals surface area contributed by atoms with Crippen LogP contribution >= 0.6 is 0 Å². The monoisotopic (exact) mass is 164 g/mol. The number of carbonyl (C=O) groups is 1. The molecule has 0 radical (unpaired) electrons. The summed E-state index contributed by atoms with van der Waals surface area (Å²) in [6, 6.07) is 1.67. The minimum absolute atomic E-state index is 0.223. The Kier molecular flexibility index (Phi) is 2.53. The molecule has 0 saturated carbocycles. The number of rotatable bonds is 2. The van der Waals surface area contributed by atoms with E-state index in [2.05, 4.69) is 9.97 Å². The predicted octanol–water partition coefficient (Wildman–Crippen LogP) is 0.965. The molecule has 1 rings (SSSR count). The molecule has 0 amide bonds. The van der Waals surface area contributed by atoms with Crippen LogP contribution in [0.25, 0.3) is 6.08 Å². The fourth-order valence-electron chi connectivity index (χ4n) is 0.641. The summed E-state index contributed by atoms with van der Waals surface area (Å²) in [4.78, 5) is 18.1. The lowest BCUT2D eigenvalue weighted by molar-refractivity contribution is -0.132. The Morgan fingerprint density at radius 1 is 1.50 bits per heavy atom. The summed E-state index contributed by atoms with van der Waals surface area (Å²) in [7, 11) is 0. The van der Waals surface area contributed by atoms with Crippen LogP contribution in [0.3, 0.4) is 0 Å². The molecule has 12 heavy (non-hydrogen) atoms. The first-order valence-electron chi connectivity index (χ1n) is 3.39. The third kappa shape index (κ3) is 2.16. The highest BCUT2D eigenvalue weighted by atomic mass is 16.4. The Labute approximate surface area is 69.6 Å². The van der Waals surface area contributed by atoms with Crippen LogP contribution in [0, 0.1) is 0 Å². The maximum absolute atomic E-state index is 10.4. The molecule has 0 spiro atoms. The van der Waals surface area contributed by atoms with Gasteiger partial charge < -0.3 is 5.11 Å². The zero-order valence-corrected chi connectivity index (χ0v) is 6.56. The normalized spacial score (nSPS) is 11.2. The van der Waals surface area contributed by atoms with Crippen molar-refractivity contribution in [3.63, 3.8) is 0 Å². The van der Waals surface area contributed by atoms with Gasteiger partial charge in [0.05, 0.1) is 0 Å². The highest BCUT2D eigenvalue weighted by molar-refractivity contribution is 5.90. The van der Waals surface area contributed by atoms with Crippen LogP contribution in [0.4, 0.5) is 0 Å². The van der Waals surface area contributed by atoms with Gasteiger partial charge in [0.2, 0.25) is 0 Å². The predicted molar refractivity (Wildman–Crippen MR) is 43.3 cm³/mol. The molecule has 4 heteroatoms. The minimum Gasteiger partial charge on any atom is -0.478 e.